The van der Waals surface area contributed by atoms with E-state index < -0.39 is 5.60 Å². The van der Waals surface area contributed by atoms with E-state index in [9.17, 15) is 9.59 Å². The van der Waals surface area contributed by atoms with Gasteiger partial charge < -0.3 is 29.3 Å². The van der Waals surface area contributed by atoms with E-state index in [1.807, 2.05) is 42.4 Å². The molecule has 3 saturated heterocycles. The van der Waals surface area contributed by atoms with Crippen LogP contribution >= 0.6 is 0 Å². The van der Waals surface area contributed by atoms with Crippen LogP contribution in [0.4, 0.5) is 15.4 Å². The second-order valence-corrected chi connectivity index (χ2v) is 13.0. The molecule has 0 radical (unpaired) electrons. The van der Waals surface area contributed by atoms with Gasteiger partial charge in [0, 0.05) is 47.7 Å². The number of piperidine rings is 1. The molecule has 3 aromatic heterocycles. The summed E-state index contributed by atoms with van der Waals surface area (Å²) in [5, 5.41) is 8.40. The Morgan fingerprint density at radius 2 is 1.70 bits per heavy atom. The summed E-state index contributed by atoms with van der Waals surface area (Å²) < 4.78 is 18.2. The summed E-state index contributed by atoms with van der Waals surface area (Å²) in [4.78, 5) is 42.4. The monoisotopic (exact) mass is 592 g/mol. The first kappa shape index (κ1) is 28.9. The molecule has 6 rings (SSSR count). The van der Waals surface area contributed by atoms with Gasteiger partial charge in [-0.15, -0.1) is 0 Å². The molecule has 0 aliphatic carbocycles. The van der Waals surface area contributed by atoms with Gasteiger partial charge in [0.25, 0.3) is 0 Å². The lowest BCUT2D eigenvalue weighted by Crippen LogP contribution is -2.58. The highest BCUT2D eigenvalue weighted by molar-refractivity contribution is 5.72. The molecule has 3 aliphatic rings. The highest BCUT2D eigenvalue weighted by Crippen LogP contribution is 2.38. The first-order valence-corrected chi connectivity index (χ1v) is 15.0. The van der Waals surface area contributed by atoms with Crippen LogP contribution in [-0.4, -0.2) is 96.6 Å². The minimum Gasteiger partial charge on any atom is -0.467 e. The number of fused-ring (bicyclic) bond motifs is 3. The zero-order valence-corrected chi connectivity index (χ0v) is 25.6. The summed E-state index contributed by atoms with van der Waals surface area (Å²) >= 11 is 0. The van der Waals surface area contributed by atoms with Gasteiger partial charge in [-0.3, -0.25) is 0 Å². The highest BCUT2D eigenvalue weighted by Gasteiger charge is 2.46. The molecular weight excluding hydrogens is 552 g/mol. The van der Waals surface area contributed by atoms with Gasteiger partial charge in [0.1, 0.15) is 17.5 Å². The lowest BCUT2D eigenvalue weighted by atomic mass is 9.97. The fourth-order valence-electron chi connectivity index (χ4n) is 6.19. The van der Waals surface area contributed by atoms with E-state index in [1.165, 1.54) is 7.11 Å². The predicted molar refractivity (Wildman–Crippen MR) is 158 cm³/mol. The van der Waals surface area contributed by atoms with E-state index in [2.05, 4.69) is 34.2 Å². The number of aromatic nitrogens is 5. The molecule has 13 heteroatoms. The van der Waals surface area contributed by atoms with Crippen molar-refractivity contribution in [1.82, 2.24) is 34.4 Å². The SMILES string of the molecule is COc1ncc(-c2cc(NC3CC4CCC(C3)N4C(=O)OC3CN(C(=O)OC(C)(C)C)C3)n3ncc(C(C)C)c3n2)cn1. The van der Waals surface area contributed by atoms with Crippen LogP contribution in [0.2, 0.25) is 0 Å². The number of nitrogens with zero attached hydrogens (tertiary/aromatic N) is 7. The van der Waals surface area contributed by atoms with Gasteiger partial charge >= 0.3 is 18.2 Å². The van der Waals surface area contributed by atoms with Crippen LogP contribution in [0.5, 0.6) is 6.01 Å². The van der Waals surface area contributed by atoms with Gasteiger partial charge in [0.2, 0.25) is 0 Å². The Balaban J connectivity index is 1.14. The van der Waals surface area contributed by atoms with Gasteiger partial charge in [-0.05, 0) is 52.4 Å². The smallest absolute Gasteiger partial charge is 0.410 e. The van der Waals surface area contributed by atoms with Crippen molar-refractivity contribution in [3.05, 3.63) is 30.2 Å². The molecule has 3 aliphatic heterocycles. The van der Waals surface area contributed by atoms with Gasteiger partial charge in [0.05, 0.1) is 32.1 Å². The number of carbonyl (C=O) groups excluding carboxylic acids is 2. The predicted octanol–water partition coefficient (Wildman–Crippen LogP) is 4.48. The molecule has 3 aromatic rings. The average Bonchev–Trinajstić information content (AvgIpc) is 3.48. The molecule has 0 aromatic carbocycles. The van der Waals surface area contributed by atoms with Crippen LogP contribution in [0, 0.1) is 0 Å². The third-order valence-corrected chi connectivity index (χ3v) is 8.29. The highest BCUT2D eigenvalue weighted by atomic mass is 16.6. The third-order valence-electron chi connectivity index (χ3n) is 8.29. The van der Waals surface area contributed by atoms with Crippen molar-refractivity contribution in [2.75, 3.05) is 25.5 Å². The van der Waals surface area contributed by atoms with E-state index in [-0.39, 0.29) is 42.3 Å². The number of amides is 2. The molecule has 43 heavy (non-hydrogen) atoms. The van der Waals surface area contributed by atoms with E-state index in [1.54, 1.807) is 17.3 Å². The molecule has 230 valence electrons. The lowest BCUT2D eigenvalue weighted by molar-refractivity contribution is -0.0485. The summed E-state index contributed by atoms with van der Waals surface area (Å²) in [7, 11) is 1.54. The van der Waals surface area contributed by atoms with Crippen LogP contribution in [0.1, 0.15) is 71.8 Å². The number of likely N-dealkylation sites (tertiary alicyclic amines) is 1. The number of carbonyl (C=O) groups is 2. The lowest BCUT2D eigenvalue weighted by Gasteiger charge is -2.42. The molecule has 13 nitrogen and oxygen atoms in total. The number of hydrogen-bond donors (Lipinski definition) is 1. The van der Waals surface area contributed by atoms with E-state index in [0.29, 0.717) is 19.1 Å². The fourth-order valence-corrected chi connectivity index (χ4v) is 6.19. The molecule has 2 bridgehead atoms. The minimum atomic E-state index is -0.557. The largest absolute Gasteiger partial charge is 0.467 e. The van der Waals surface area contributed by atoms with Crippen LogP contribution in [-0.2, 0) is 9.47 Å². The van der Waals surface area contributed by atoms with E-state index >= 15 is 0 Å². The Kier molecular flexibility index (Phi) is 7.51. The Hall–Kier alpha value is -4.16. The standard InChI is InChI=1S/C30H40N8O5/c1-17(2)23-14-33-38-25(11-24(35-26(23)38)18-12-31-27(41-6)32-13-18)34-19-9-20-7-8-21(10-19)37(20)29(40)42-22-15-36(16-22)28(39)43-30(3,4)5/h11-14,17,19-22,34H,7-10,15-16H2,1-6H3. The van der Waals surface area contributed by atoms with Crippen molar-refractivity contribution in [2.45, 2.75) is 96.1 Å². The van der Waals surface area contributed by atoms with Crippen molar-refractivity contribution >= 4 is 23.7 Å². The number of rotatable bonds is 6. The summed E-state index contributed by atoms with van der Waals surface area (Å²) in [6.07, 6.45) is 7.77. The Bertz CT molecular complexity index is 1480. The van der Waals surface area contributed by atoms with Crippen molar-refractivity contribution in [2.24, 2.45) is 0 Å². The zero-order chi connectivity index (χ0) is 30.5. The van der Waals surface area contributed by atoms with Crippen molar-refractivity contribution in [3.8, 4) is 17.3 Å². The number of nitrogens with one attached hydrogen (secondary N) is 1. The summed E-state index contributed by atoms with van der Waals surface area (Å²) in [6, 6.07) is 2.59. The number of ether oxygens (including phenoxy) is 3. The summed E-state index contributed by atoms with van der Waals surface area (Å²) in [5.74, 6) is 1.08. The first-order valence-electron chi connectivity index (χ1n) is 15.0. The molecule has 0 saturated carbocycles. The van der Waals surface area contributed by atoms with Crippen LogP contribution in [0.25, 0.3) is 16.9 Å². The van der Waals surface area contributed by atoms with Crippen LogP contribution in [0.15, 0.2) is 24.7 Å². The molecule has 1 N–H and O–H groups in total. The molecule has 2 atom stereocenters. The molecule has 0 spiro atoms. The van der Waals surface area contributed by atoms with Crippen molar-refractivity contribution in [3.63, 3.8) is 0 Å². The van der Waals surface area contributed by atoms with Crippen molar-refractivity contribution in [1.29, 1.82) is 0 Å². The minimum absolute atomic E-state index is 0.0846. The van der Waals surface area contributed by atoms with Crippen molar-refractivity contribution < 1.29 is 23.8 Å². The normalized spacial score (nSPS) is 22.1. The van der Waals surface area contributed by atoms with Crippen LogP contribution < -0.4 is 10.1 Å². The van der Waals surface area contributed by atoms with Gasteiger partial charge in [-0.25, -0.2) is 24.5 Å². The maximum atomic E-state index is 13.2. The maximum Gasteiger partial charge on any atom is 0.410 e. The summed E-state index contributed by atoms with van der Waals surface area (Å²) in [6.45, 7) is 10.5. The molecule has 3 fully saturated rings. The fraction of sp³-hybridized carbons (Fsp3) is 0.600. The van der Waals surface area contributed by atoms with E-state index in [4.69, 9.17) is 19.2 Å². The Labute approximate surface area is 250 Å². The molecule has 2 amide bonds. The maximum absolute atomic E-state index is 13.2. The molecule has 2 unspecified atom stereocenters. The van der Waals surface area contributed by atoms with E-state index in [0.717, 1.165) is 54.0 Å². The van der Waals surface area contributed by atoms with Gasteiger partial charge in [-0.2, -0.15) is 9.61 Å². The third kappa shape index (κ3) is 5.89. The number of methoxy groups -OCH3 is 1. The first-order chi connectivity index (χ1) is 20.5. The number of anilines is 1. The molecule has 6 heterocycles. The average molecular weight is 593 g/mol. The topological polar surface area (TPSA) is 136 Å². The second kappa shape index (κ2) is 11.2. The van der Waals surface area contributed by atoms with Crippen LogP contribution in [0.3, 0.4) is 0 Å². The zero-order valence-electron chi connectivity index (χ0n) is 25.6. The van der Waals surface area contributed by atoms with Gasteiger partial charge in [-0.1, -0.05) is 13.8 Å². The summed E-state index contributed by atoms with van der Waals surface area (Å²) in [5.41, 5.74) is 2.80. The Morgan fingerprint density at radius 3 is 2.30 bits per heavy atom. The number of hydrogen-bond acceptors (Lipinski definition) is 10. The molecular formula is C30H40N8O5. The Morgan fingerprint density at radius 1 is 1.02 bits per heavy atom. The quantitative estimate of drug-likeness (QED) is 0.436. The second-order valence-electron chi connectivity index (χ2n) is 13.0. The van der Waals surface area contributed by atoms with Gasteiger partial charge in [0.15, 0.2) is 5.65 Å².